The smallest absolute Gasteiger partial charge is 0.248 e. The van der Waals surface area contributed by atoms with Crippen molar-refractivity contribution in [3.8, 4) is 0 Å². The molecule has 2 rings (SSSR count). The van der Waals surface area contributed by atoms with Gasteiger partial charge in [-0.25, -0.2) is 0 Å². The second kappa shape index (κ2) is 9.50. The van der Waals surface area contributed by atoms with Crippen LogP contribution in [0.1, 0.15) is 0 Å². The van der Waals surface area contributed by atoms with Crippen LogP contribution in [0.5, 0.6) is 0 Å². The standard InChI is InChI=1S/C16H15ClN2O2S2/c17-12-6-8-14(9-7-12)23-11-16(21)19-18-15(20)10-22-13-4-2-1-3-5-13/h1-9H,10-11H2,(H,18,20)(H,19,21). The molecular weight excluding hydrogens is 352 g/mol. The summed E-state index contributed by atoms with van der Waals surface area (Å²) in [6, 6.07) is 16.8. The zero-order chi connectivity index (χ0) is 16.5. The monoisotopic (exact) mass is 366 g/mol. The van der Waals surface area contributed by atoms with Crippen molar-refractivity contribution in [2.45, 2.75) is 9.79 Å². The molecule has 0 aromatic heterocycles. The molecule has 0 aliphatic heterocycles. The zero-order valence-electron chi connectivity index (χ0n) is 12.1. The van der Waals surface area contributed by atoms with E-state index in [1.807, 2.05) is 42.5 Å². The van der Waals surface area contributed by atoms with Gasteiger partial charge in [-0.05, 0) is 36.4 Å². The minimum Gasteiger partial charge on any atom is -0.272 e. The van der Waals surface area contributed by atoms with Crippen molar-refractivity contribution in [2.75, 3.05) is 11.5 Å². The second-order valence-electron chi connectivity index (χ2n) is 4.44. The number of rotatable bonds is 6. The van der Waals surface area contributed by atoms with E-state index in [0.717, 1.165) is 9.79 Å². The van der Waals surface area contributed by atoms with Crippen molar-refractivity contribution in [3.05, 3.63) is 59.6 Å². The van der Waals surface area contributed by atoms with Crippen LogP contribution in [0.4, 0.5) is 0 Å². The zero-order valence-corrected chi connectivity index (χ0v) is 14.5. The quantitative estimate of drug-likeness (QED) is 0.608. The van der Waals surface area contributed by atoms with Crippen LogP contribution in [0, 0.1) is 0 Å². The van der Waals surface area contributed by atoms with E-state index < -0.39 is 0 Å². The number of carbonyl (C=O) groups excluding carboxylic acids is 2. The average Bonchev–Trinajstić information content (AvgIpc) is 2.58. The Balaban J connectivity index is 1.63. The van der Waals surface area contributed by atoms with Crippen molar-refractivity contribution in [2.24, 2.45) is 0 Å². The van der Waals surface area contributed by atoms with Crippen LogP contribution in [-0.2, 0) is 9.59 Å². The summed E-state index contributed by atoms with van der Waals surface area (Å²) in [7, 11) is 0. The van der Waals surface area contributed by atoms with Gasteiger partial charge in [0, 0.05) is 14.8 Å². The minimum atomic E-state index is -0.261. The van der Waals surface area contributed by atoms with Crippen LogP contribution in [-0.4, -0.2) is 23.3 Å². The minimum absolute atomic E-state index is 0.216. The summed E-state index contributed by atoms with van der Waals surface area (Å²) in [4.78, 5) is 25.3. The molecule has 0 fully saturated rings. The summed E-state index contributed by atoms with van der Waals surface area (Å²) >= 11 is 8.58. The highest BCUT2D eigenvalue weighted by atomic mass is 35.5. The van der Waals surface area contributed by atoms with Crippen molar-refractivity contribution in [3.63, 3.8) is 0 Å². The molecule has 0 aliphatic carbocycles. The molecule has 0 saturated heterocycles. The number of hydrazine groups is 1. The van der Waals surface area contributed by atoms with E-state index >= 15 is 0 Å². The molecule has 0 spiro atoms. The van der Waals surface area contributed by atoms with Gasteiger partial charge < -0.3 is 0 Å². The van der Waals surface area contributed by atoms with Crippen molar-refractivity contribution < 1.29 is 9.59 Å². The summed E-state index contributed by atoms with van der Waals surface area (Å²) in [6.45, 7) is 0. The summed E-state index contributed by atoms with van der Waals surface area (Å²) in [5.74, 6) is -0.0470. The Morgan fingerprint density at radius 1 is 0.783 bits per heavy atom. The van der Waals surface area contributed by atoms with Gasteiger partial charge in [-0.2, -0.15) is 0 Å². The SMILES string of the molecule is O=C(CSc1ccccc1)NNC(=O)CSc1ccc(Cl)cc1. The highest BCUT2D eigenvalue weighted by Crippen LogP contribution is 2.20. The lowest BCUT2D eigenvalue weighted by atomic mass is 10.4. The molecule has 23 heavy (non-hydrogen) atoms. The predicted octanol–water partition coefficient (Wildman–Crippen LogP) is 3.37. The van der Waals surface area contributed by atoms with Gasteiger partial charge in [0.1, 0.15) is 0 Å². The third kappa shape index (κ3) is 6.99. The molecule has 7 heteroatoms. The number of nitrogens with one attached hydrogen (secondary N) is 2. The molecule has 0 heterocycles. The number of thioether (sulfide) groups is 2. The third-order valence-electron chi connectivity index (χ3n) is 2.64. The van der Waals surface area contributed by atoms with Crippen LogP contribution in [0.25, 0.3) is 0 Å². The number of hydrogen-bond donors (Lipinski definition) is 2. The molecule has 2 N–H and O–H groups in total. The molecule has 2 amide bonds. The van der Waals surface area contributed by atoms with E-state index in [0.29, 0.717) is 5.02 Å². The Kier molecular flexibility index (Phi) is 7.32. The fourth-order valence-corrected chi connectivity index (χ4v) is 3.10. The molecular formula is C16H15ClN2O2S2. The Morgan fingerprint density at radius 3 is 1.78 bits per heavy atom. The van der Waals surface area contributed by atoms with Crippen LogP contribution in [0.3, 0.4) is 0 Å². The third-order valence-corrected chi connectivity index (χ3v) is 4.91. The normalized spacial score (nSPS) is 10.1. The van der Waals surface area contributed by atoms with Crippen molar-refractivity contribution >= 4 is 46.9 Å². The molecule has 0 aliphatic rings. The molecule has 0 bridgehead atoms. The van der Waals surface area contributed by atoms with E-state index in [1.165, 1.54) is 23.5 Å². The first-order valence-electron chi connectivity index (χ1n) is 6.77. The first-order valence-corrected chi connectivity index (χ1v) is 9.12. The Hall–Kier alpha value is -1.63. The van der Waals surface area contributed by atoms with Gasteiger partial charge in [0.05, 0.1) is 11.5 Å². The number of carbonyl (C=O) groups is 2. The van der Waals surface area contributed by atoms with Gasteiger partial charge in [-0.15, -0.1) is 23.5 Å². The van der Waals surface area contributed by atoms with Gasteiger partial charge >= 0.3 is 0 Å². The van der Waals surface area contributed by atoms with Crippen LogP contribution in [0.2, 0.25) is 5.02 Å². The highest BCUT2D eigenvalue weighted by molar-refractivity contribution is 8.00. The second-order valence-corrected chi connectivity index (χ2v) is 6.97. The van der Waals surface area contributed by atoms with Crippen molar-refractivity contribution in [1.82, 2.24) is 10.9 Å². The molecule has 0 unspecified atom stereocenters. The van der Waals surface area contributed by atoms with E-state index in [4.69, 9.17) is 11.6 Å². The van der Waals surface area contributed by atoms with E-state index in [1.54, 1.807) is 12.1 Å². The topological polar surface area (TPSA) is 58.2 Å². The van der Waals surface area contributed by atoms with Crippen LogP contribution < -0.4 is 10.9 Å². The lowest BCUT2D eigenvalue weighted by molar-refractivity contribution is -0.126. The number of amides is 2. The summed E-state index contributed by atoms with van der Waals surface area (Å²) in [5.41, 5.74) is 4.81. The molecule has 2 aromatic rings. The largest absolute Gasteiger partial charge is 0.272 e. The van der Waals surface area contributed by atoms with Crippen molar-refractivity contribution in [1.29, 1.82) is 0 Å². The van der Waals surface area contributed by atoms with Gasteiger partial charge in [-0.3, -0.25) is 20.4 Å². The summed E-state index contributed by atoms with van der Waals surface area (Å²) in [6.07, 6.45) is 0. The molecule has 0 saturated carbocycles. The van der Waals surface area contributed by atoms with E-state index in [-0.39, 0.29) is 23.3 Å². The molecule has 4 nitrogen and oxygen atoms in total. The molecule has 0 radical (unpaired) electrons. The predicted molar refractivity (Wildman–Crippen MR) is 95.6 cm³/mol. The Morgan fingerprint density at radius 2 is 1.26 bits per heavy atom. The molecule has 0 atom stereocenters. The van der Waals surface area contributed by atoms with Gasteiger partial charge in [0.15, 0.2) is 0 Å². The lowest BCUT2D eigenvalue weighted by Gasteiger charge is -2.07. The number of halogens is 1. The van der Waals surface area contributed by atoms with Crippen LogP contribution in [0.15, 0.2) is 64.4 Å². The Bertz CT molecular complexity index is 651. The first kappa shape index (κ1) is 17.7. The van der Waals surface area contributed by atoms with Crippen LogP contribution >= 0.6 is 35.1 Å². The summed E-state index contributed by atoms with van der Waals surface area (Å²) < 4.78 is 0. The van der Waals surface area contributed by atoms with E-state index in [2.05, 4.69) is 10.9 Å². The maximum atomic E-state index is 11.7. The maximum Gasteiger partial charge on any atom is 0.248 e. The summed E-state index contributed by atoms with van der Waals surface area (Å²) in [5, 5.41) is 0.655. The first-order chi connectivity index (χ1) is 11.1. The fourth-order valence-electron chi connectivity index (χ4n) is 1.56. The van der Waals surface area contributed by atoms with Gasteiger partial charge in [-0.1, -0.05) is 29.8 Å². The lowest BCUT2D eigenvalue weighted by Crippen LogP contribution is -2.43. The van der Waals surface area contributed by atoms with Gasteiger partial charge in [0.2, 0.25) is 11.8 Å². The Labute approximate surface area is 148 Å². The molecule has 2 aromatic carbocycles. The molecule has 120 valence electrons. The highest BCUT2D eigenvalue weighted by Gasteiger charge is 2.06. The maximum absolute atomic E-state index is 11.7. The van der Waals surface area contributed by atoms with Gasteiger partial charge in [0.25, 0.3) is 0 Å². The van der Waals surface area contributed by atoms with E-state index in [9.17, 15) is 9.59 Å². The fraction of sp³-hybridized carbons (Fsp3) is 0.125. The number of hydrogen-bond acceptors (Lipinski definition) is 4. The average molecular weight is 367 g/mol. The number of benzene rings is 2.